The summed E-state index contributed by atoms with van der Waals surface area (Å²) in [6.45, 7) is 0. The zero-order valence-electron chi connectivity index (χ0n) is 9.63. The van der Waals surface area contributed by atoms with Gasteiger partial charge in [0.05, 0.1) is 11.8 Å². The van der Waals surface area contributed by atoms with Gasteiger partial charge in [-0.1, -0.05) is 12.5 Å². The maximum atomic E-state index is 6.07. The summed E-state index contributed by atoms with van der Waals surface area (Å²) >= 11 is 3.53. The zero-order valence-corrected chi connectivity index (χ0v) is 11.2. The number of nitrogens with one attached hydrogen (secondary N) is 1. The van der Waals surface area contributed by atoms with E-state index in [-0.39, 0.29) is 0 Å². The van der Waals surface area contributed by atoms with Crippen LogP contribution >= 0.6 is 15.9 Å². The first-order valence-electron chi connectivity index (χ1n) is 5.94. The summed E-state index contributed by atoms with van der Waals surface area (Å²) in [4.78, 5) is 0. The van der Waals surface area contributed by atoms with Crippen molar-refractivity contribution in [3.05, 3.63) is 22.7 Å². The first-order chi connectivity index (χ1) is 7.81. The van der Waals surface area contributed by atoms with E-state index in [9.17, 15) is 0 Å². The molecule has 1 aliphatic rings. The van der Waals surface area contributed by atoms with E-state index in [1.807, 2.05) is 25.2 Å². The van der Waals surface area contributed by atoms with Crippen molar-refractivity contribution in [3.63, 3.8) is 0 Å². The predicted octanol–water partition coefficient (Wildman–Crippen LogP) is 4.20. The van der Waals surface area contributed by atoms with Gasteiger partial charge >= 0.3 is 0 Å². The summed E-state index contributed by atoms with van der Waals surface area (Å²) in [7, 11) is 1.92. The molecule has 1 aliphatic carbocycles. The second-order valence-corrected chi connectivity index (χ2v) is 5.10. The normalized spacial score (nSPS) is 17.1. The lowest BCUT2D eigenvalue weighted by Crippen LogP contribution is -2.20. The first kappa shape index (κ1) is 11.8. The number of ether oxygens (including phenoxy) is 1. The molecule has 0 aliphatic heterocycles. The monoisotopic (exact) mass is 283 g/mol. The SMILES string of the molecule is CNc1c(Br)cccc1OC1CCCCC1. The number of benzene rings is 1. The average Bonchev–Trinajstić information content (AvgIpc) is 2.31. The second-order valence-electron chi connectivity index (χ2n) is 4.24. The Labute approximate surface area is 106 Å². The maximum absolute atomic E-state index is 6.07. The molecule has 0 heterocycles. The van der Waals surface area contributed by atoms with Crippen molar-refractivity contribution in [2.75, 3.05) is 12.4 Å². The highest BCUT2D eigenvalue weighted by Gasteiger charge is 2.16. The summed E-state index contributed by atoms with van der Waals surface area (Å²) < 4.78 is 7.12. The molecule has 0 aromatic heterocycles. The van der Waals surface area contributed by atoms with Gasteiger partial charge in [0.15, 0.2) is 0 Å². The minimum absolute atomic E-state index is 0.398. The van der Waals surface area contributed by atoms with Gasteiger partial charge in [0, 0.05) is 11.5 Å². The molecule has 0 bridgehead atoms. The van der Waals surface area contributed by atoms with Gasteiger partial charge in [0.2, 0.25) is 0 Å². The maximum Gasteiger partial charge on any atom is 0.143 e. The van der Waals surface area contributed by atoms with Crippen LogP contribution in [0.1, 0.15) is 32.1 Å². The van der Waals surface area contributed by atoms with E-state index in [1.165, 1.54) is 32.1 Å². The third-order valence-electron chi connectivity index (χ3n) is 3.07. The molecule has 16 heavy (non-hydrogen) atoms. The van der Waals surface area contributed by atoms with Gasteiger partial charge in [0.25, 0.3) is 0 Å². The fraction of sp³-hybridized carbons (Fsp3) is 0.538. The number of anilines is 1. The highest BCUT2D eigenvalue weighted by molar-refractivity contribution is 9.10. The quantitative estimate of drug-likeness (QED) is 0.898. The molecular formula is C13H18BrNO. The van der Waals surface area contributed by atoms with Crippen LogP contribution in [0.25, 0.3) is 0 Å². The van der Waals surface area contributed by atoms with Crippen molar-refractivity contribution in [1.82, 2.24) is 0 Å². The lowest BCUT2D eigenvalue weighted by atomic mass is 9.98. The standard InChI is InChI=1S/C13H18BrNO/c1-15-13-11(14)8-5-9-12(13)16-10-6-3-2-4-7-10/h5,8-10,15H,2-4,6-7H2,1H3. The molecule has 2 rings (SSSR count). The van der Waals surface area contributed by atoms with Crippen molar-refractivity contribution in [1.29, 1.82) is 0 Å². The van der Waals surface area contributed by atoms with Gasteiger partial charge in [-0.25, -0.2) is 0 Å². The molecule has 0 unspecified atom stereocenters. The van der Waals surface area contributed by atoms with Crippen molar-refractivity contribution in [3.8, 4) is 5.75 Å². The summed E-state index contributed by atoms with van der Waals surface area (Å²) in [5.74, 6) is 0.962. The third kappa shape index (κ3) is 2.70. The van der Waals surface area contributed by atoms with Crippen molar-refractivity contribution in [2.45, 2.75) is 38.2 Å². The molecule has 0 spiro atoms. The van der Waals surface area contributed by atoms with Crippen molar-refractivity contribution >= 4 is 21.6 Å². The molecule has 0 atom stereocenters. The Morgan fingerprint density at radius 1 is 1.25 bits per heavy atom. The van der Waals surface area contributed by atoms with Gasteiger partial charge in [-0.05, 0) is 53.7 Å². The number of halogens is 1. The zero-order chi connectivity index (χ0) is 11.4. The molecule has 0 saturated heterocycles. The van der Waals surface area contributed by atoms with Gasteiger partial charge < -0.3 is 10.1 Å². The molecule has 1 N–H and O–H groups in total. The van der Waals surface area contributed by atoms with Crippen LogP contribution in [0.2, 0.25) is 0 Å². The Kier molecular flexibility index (Phi) is 4.10. The Morgan fingerprint density at radius 2 is 2.00 bits per heavy atom. The number of rotatable bonds is 3. The minimum Gasteiger partial charge on any atom is -0.488 e. The molecule has 88 valence electrons. The Bertz CT molecular complexity index is 348. The fourth-order valence-electron chi connectivity index (χ4n) is 2.21. The average molecular weight is 284 g/mol. The molecule has 1 saturated carbocycles. The van der Waals surface area contributed by atoms with Crippen molar-refractivity contribution < 1.29 is 4.74 Å². The van der Waals surface area contributed by atoms with E-state index >= 15 is 0 Å². The van der Waals surface area contributed by atoms with Crippen LogP contribution in [0.5, 0.6) is 5.75 Å². The Morgan fingerprint density at radius 3 is 2.69 bits per heavy atom. The Hall–Kier alpha value is -0.700. The molecular weight excluding hydrogens is 266 g/mol. The Balaban J connectivity index is 2.10. The van der Waals surface area contributed by atoms with E-state index in [0.29, 0.717) is 6.10 Å². The largest absolute Gasteiger partial charge is 0.488 e. The fourth-order valence-corrected chi connectivity index (χ4v) is 2.75. The lowest BCUT2D eigenvalue weighted by Gasteiger charge is -2.24. The van der Waals surface area contributed by atoms with Crippen LogP contribution < -0.4 is 10.1 Å². The topological polar surface area (TPSA) is 21.3 Å². The molecule has 1 aromatic carbocycles. The van der Waals surface area contributed by atoms with Gasteiger partial charge in [-0.2, -0.15) is 0 Å². The molecule has 0 amide bonds. The lowest BCUT2D eigenvalue weighted by molar-refractivity contribution is 0.156. The van der Waals surface area contributed by atoms with Gasteiger partial charge in [0.1, 0.15) is 5.75 Å². The van der Waals surface area contributed by atoms with E-state index in [1.54, 1.807) is 0 Å². The molecule has 0 radical (unpaired) electrons. The van der Waals surface area contributed by atoms with Crippen LogP contribution in [0.15, 0.2) is 22.7 Å². The molecule has 2 nitrogen and oxygen atoms in total. The van der Waals surface area contributed by atoms with Crippen LogP contribution in [-0.4, -0.2) is 13.2 Å². The van der Waals surface area contributed by atoms with E-state index in [2.05, 4.69) is 21.2 Å². The van der Waals surface area contributed by atoms with Crippen LogP contribution in [0.4, 0.5) is 5.69 Å². The molecule has 1 aromatic rings. The summed E-state index contributed by atoms with van der Waals surface area (Å²) in [5, 5.41) is 3.18. The van der Waals surface area contributed by atoms with Crippen LogP contribution in [0.3, 0.4) is 0 Å². The van der Waals surface area contributed by atoms with E-state index in [0.717, 1.165) is 15.9 Å². The van der Waals surface area contributed by atoms with E-state index < -0.39 is 0 Å². The highest BCUT2D eigenvalue weighted by Crippen LogP contribution is 2.34. The second kappa shape index (κ2) is 5.58. The molecule has 3 heteroatoms. The van der Waals surface area contributed by atoms with Crippen LogP contribution in [0, 0.1) is 0 Å². The van der Waals surface area contributed by atoms with Crippen LogP contribution in [-0.2, 0) is 0 Å². The number of para-hydroxylation sites is 1. The minimum atomic E-state index is 0.398. The summed E-state index contributed by atoms with van der Waals surface area (Å²) in [6, 6.07) is 6.08. The molecule has 1 fully saturated rings. The van der Waals surface area contributed by atoms with Crippen molar-refractivity contribution in [2.24, 2.45) is 0 Å². The van der Waals surface area contributed by atoms with E-state index in [4.69, 9.17) is 4.74 Å². The van der Waals surface area contributed by atoms with Gasteiger partial charge in [-0.3, -0.25) is 0 Å². The number of hydrogen-bond acceptors (Lipinski definition) is 2. The summed E-state index contributed by atoms with van der Waals surface area (Å²) in [6.07, 6.45) is 6.74. The predicted molar refractivity (Wildman–Crippen MR) is 71.2 cm³/mol. The smallest absolute Gasteiger partial charge is 0.143 e. The third-order valence-corrected chi connectivity index (χ3v) is 3.73. The highest BCUT2D eigenvalue weighted by atomic mass is 79.9. The number of hydrogen-bond donors (Lipinski definition) is 1. The summed E-state index contributed by atoms with van der Waals surface area (Å²) in [5.41, 5.74) is 1.05. The van der Waals surface area contributed by atoms with Gasteiger partial charge in [-0.15, -0.1) is 0 Å². The first-order valence-corrected chi connectivity index (χ1v) is 6.73.